The van der Waals surface area contributed by atoms with Gasteiger partial charge in [-0.25, -0.2) is 4.98 Å². The van der Waals surface area contributed by atoms with E-state index in [-0.39, 0.29) is 0 Å². The highest BCUT2D eigenvalue weighted by Crippen LogP contribution is 2.37. The van der Waals surface area contributed by atoms with Crippen molar-refractivity contribution < 1.29 is 0 Å². The van der Waals surface area contributed by atoms with Gasteiger partial charge in [-0.05, 0) is 19.1 Å². The van der Waals surface area contributed by atoms with Crippen molar-refractivity contribution in [3.8, 4) is 0 Å². The molecule has 0 amide bonds. The molecule has 1 heterocycles. The monoisotopic (exact) mass is 279 g/mol. The molecule has 5 heteroatoms. The van der Waals surface area contributed by atoms with Gasteiger partial charge in [0.25, 0.3) is 0 Å². The summed E-state index contributed by atoms with van der Waals surface area (Å²) in [5.74, 6) is 0. The molecule has 0 radical (unpaired) electrons. The third-order valence-electron chi connectivity index (χ3n) is 2.10. The Morgan fingerprint density at radius 1 is 0.933 bits per heavy atom. The molecule has 0 spiro atoms. The average Bonchev–Trinajstić information content (AvgIpc) is 2.21. The van der Waals surface area contributed by atoms with E-state index in [0.29, 0.717) is 36.7 Å². The maximum atomic E-state index is 6.08. The fraction of sp³-hybridized carbons (Fsp3) is 0.100. The molecule has 0 bridgehead atoms. The second-order valence-corrected chi connectivity index (χ2v) is 4.62. The standard InChI is InChI=1S/C10H5Cl4N/c1-4-7(12)8(13)5-2-3-6(11)9(14)10(5)15-4/h2-3H,1H3. The molecule has 2 aromatic rings. The molecule has 0 unspecified atom stereocenters. The van der Waals surface area contributed by atoms with Gasteiger partial charge in [0.15, 0.2) is 0 Å². The van der Waals surface area contributed by atoms with Gasteiger partial charge >= 0.3 is 0 Å². The van der Waals surface area contributed by atoms with Gasteiger partial charge in [0, 0.05) is 5.39 Å². The normalized spacial score (nSPS) is 11.0. The Hall–Kier alpha value is -0.210. The number of rotatable bonds is 0. The van der Waals surface area contributed by atoms with Crippen molar-refractivity contribution in [2.24, 2.45) is 0 Å². The van der Waals surface area contributed by atoms with Crippen molar-refractivity contribution in [3.05, 3.63) is 37.9 Å². The number of hydrogen-bond donors (Lipinski definition) is 0. The number of pyridine rings is 1. The second-order valence-electron chi connectivity index (χ2n) is 3.08. The lowest BCUT2D eigenvalue weighted by atomic mass is 10.2. The van der Waals surface area contributed by atoms with Crippen LogP contribution in [0.3, 0.4) is 0 Å². The number of aromatic nitrogens is 1. The van der Waals surface area contributed by atoms with Crippen molar-refractivity contribution in [2.75, 3.05) is 0 Å². The first kappa shape index (κ1) is 11.3. The Morgan fingerprint density at radius 3 is 2.27 bits per heavy atom. The Morgan fingerprint density at radius 2 is 1.60 bits per heavy atom. The molecule has 15 heavy (non-hydrogen) atoms. The average molecular weight is 281 g/mol. The molecule has 0 aliphatic rings. The fourth-order valence-corrected chi connectivity index (χ4v) is 2.11. The summed E-state index contributed by atoms with van der Waals surface area (Å²) in [6.07, 6.45) is 0. The van der Waals surface area contributed by atoms with E-state index in [1.54, 1.807) is 19.1 Å². The van der Waals surface area contributed by atoms with Gasteiger partial charge in [0.1, 0.15) is 0 Å². The summed E-state index contributed by atoms with van der Waals surface area (Å²) >= 11 is 24.0. The van der Waals surface area contributed by atoms with Gasteiger partial charge in [-0.2, -0.15) is 0 Å². The third kappa shape index (κ3) is 1.78. The van der Waals surface area contributed by atoms with E-state index in [1.807, 2.05) is 0 Å². The van der Waals surface area contributed by atoms with Crippen LogP contribution in [0.25, 0.3) is 10.9 Å². The van der Waals surface area contributed by atoms with Crippen LogP contribution in [0, 0.1) is 6.92 Å². The largest absolute Gasteiger partial charge is 0.250 e. The van der Waals surface area contributed by atoms with Gasteiger partial charge in [-0.3, -0.25) is 0 Å². The minimum atomic E-state index is 0.399. The number of benzene rings is 1. The minimum Gasteiger partial charge on any atom is -0.250 e. The van der Waals surface area contributed by atoms with Gasteiger partial charge in [0.05, 0.1) is 31.3 Å². The molecule has 0 atom stereocenters. The van der Waals surface area contributed by atoms with Crippen LogP contribution in [-0.4, -0.2) is 4.98 Å². The summed E-state index contributed by atoms with van der Waals surface area (Å²) in [6.45, 7) is 1.77. The molecule has 0 saturated carbocycles. The Bertz CT molecular complexity index is 551. The summed E-state index contributed by atoms with van der Waals surface area (Å²) in [4.78, 5) is 4.26. The quantitative estimate of drug-likeness (QED) is 0.650. The third-order valence-corrected chi connectivity index (χ3v) is 3.84. The lowest BCUT2D eigenvalue weighted by Crippen LogP contribution is -1.88. The highest BCUT2D eigenvalue weighted by Gasteiger charge is 2.12. The van der Waals surface area contributed by atoms with Crippen LogP contribution >= 0.6 is 46.4 Å². The zero-order chi connectivity index (χ0) is 11.2. The summed E-state index contributed by atoms with van der Waals surface area (Å²) in [6, 6.07) is 3.43. The van der Waals surface area contributed by atoms with Gasteiger partial charge in [-0.15, -0.1) is 0 Å². The molecule has 0 fully saturated rings. The van der Waals surface area contributed by atoms with Crippen molar-refractivity contribution in [2.45, 2.75) is 6.92 Å². The summed E-state index contributed by atoms with van der Waals surface area (Å²) in [5, 5.41) is 2.47. The van der Waals surface area contributed by atoms with Crippen LogP contribution in [-0.2, 0) is 0 Å². The molecule has 0 aliphatic carbocycles. The molecule has 78 valence electrons. The van der Waals surface area contributed by atoms with Gasteiger partial charge < -0.3 is 0 Å². The molecule has 2 rings (SSSR count). The van der Waals surface area contributed by atoms with E-state index in [9.17, 15) is 0 Å². The Kier molecular flexibility index (Phi) is 3.00. The first-order valence-corrected chi connectivity index (χ1v) is 5.63. The van der Waals surface area contributed by atoms with E-state index in [0.717, 1.165) is 0 Å². The predicted octanol–water partition coefficient (Wildman–Crippen LogP) is 5.16. The fourth-order valence-electron chi connectivity index (χ4n) is 1.32. The van der Waals surface area contributed by atoms with Crippen LogP contribution < -0.4 is 0 Å². The zero-order valence-corrected chi connectivity index (χ0v) is 10.6. The highest BCUT2D eigenvalue weighted by atomic mass is 35.5. The Balaban J connectivity index is 2.98. The minimum absolute atomic E-state index is 0.399. The van der Waals surface area contributed by atoms with E-state index < -0.39 is 0 Å². The van der Waals surface area contributed by atoms with Gasteiger partial charge in [0.2, 0.25) is 0 Å². The topological polar surface area (TPSA) is 12.9 Å². The number of hydrogen-bond acceptors (Lipinski definition) is 1. The zero-order valence-electron chi connectivity index (χ0n) is 7.61. The Labute approximate surface area is 107 Å². The molecule has 0 saturated heterocycles. The van der Waals surface area contributed by atoms with E-state index in [4.69, 9.17) is 46.4 Å². The van der Waals surface area contributed by atoms with Crippen LogP contribution in [0.2, 0.25) is 20.1 Å². The smallest absolute Gasteiger partial charge is 0.0922 e. The molecule has 0 aliphatic heterocycles. The van der Waals surface area contributed by atoms with Crippen LogP contribution in [0.15, 0.2) is 12.1 Å². The summed E-state index contributed by atoms with van der Waals surface area (Å²) < 4.78 is 0. The van der Waals surface area contributed by atoms with Crippen LogP contribution in [0.4, 0.5) is 0 Å². The predicted molar refractivity (Wildman–Crippen MR) is 66.5 cm³/mol. The molecule has 0 N–H and O–H groups in total. The molecule has 1 nitrogen and oxygen atoms in total. The number of halogens is 4. The second kappa shape index (κ2) is 3.99. The molecule has 1 aromatic carbocycles. The van der Waals surface area contributed by atoms with E-state index in [2.05, 4.69) is 4.98 Å². The number of fused-ring (bicyclic) bond motifs is 1. The number of aryl methyl sites for hydroxylation is 1. The van der Waals surface area contributed by atoms with Crippen molar-refractivity contribution in [3.63, 3.8) is 0 Å². The number of nitrogens with zero attached hydrogens (tertiary/aromatic N) is 1. The molecular formula is C10H5Cl4N. The van der Waals surface area contributed by atoms with Gasteiger partial charge in [-0.1, -0.05) is 46.4 Å². The molecule has 1 aromatic heterocycles. The van der Waals surface area contributed by atoms with Crippen LogP contribution in [0.1, 0.15) is 5.69 Å². The lowest BCUT2D eigenvalue weighted by molar-refractivity contribution is 1.26. The molecular weight excluding hydrogens is 276 g/mol. The first-order chi connectivity index (χ1) is 7.02. The summed E-state index contributed by atoms with van der Waals surface area (Å²) in [5.41, 5.74) is 1.22. The summed E-state index contributed by atoms with van der Waals surface area (Å²) in [7, 11) is 0. The van der Waals surface area contributed by atoms with Crippen molar-refractivity contribution in [1.29, 1.82) is 0 Å². The van der Waals surface area contributed by atoms with Crippen LogP contribution in [0.5, 0.6) is 0 Å². The maximum absolute atomic E-state index is 6.08. The van der Waals surface area contributed by atoms with E-state index >= 15 is 0 Å². The maximum Gasteiger partial charge on any atom is 0.0922 e. The lowest BCUT2D eigenvalue weighted by Gasteiger charge is -2.07. The van der Waals surface area contributed by atoms with E-state index in [1.165, 1.54) is 0 Å². The van der Waals surface area contributed by atoms with Crippen molar-refractivity contribution >= 4 is 57.3 Å². The first-order valence-electron chi connectivity index (χ1n) is 4.11. The highest BCUT2D eigenvalue weighted by molar-refractivity contribution is 6.48. The SMILES string of the molecule is Cc1nc2c(Cl)c(Cl)ccc2c(Cl)c1Cl. The van der Waals surface area contributed by atoms with Crippen molar-refractivity contribution in [1.82, 2.24) is 4.98 Å².